The molecule has 1 aliphatic rings. The first-order valence-corrected chi connectivity index (χ1v) is 6.63. The van der Waals surface area contributed by atoms with Crippen LogP contribution in [0.2, 0.25) is 0 Å². The van der Waals surface area contributed by atoms with Crippen LogP contribution in [-0.2, 0) is 0 Å². The number of hydrogen-bond acceptors (Lipinski definition) is 0. The lowest BCUT2D eigenvalue weighted by molar-refractivity contribution is 0.331. The van der Waals surface area contributed by atoms with E-state index in [4.69, 9.17) is 0 Å². The Balaban J connectivity index is 2.71. The summed E-state index contributed by atoms with van der Waals surface area (Å²) in [5.74, 6) is 2.51. The monoisotopic (exact) mass is 292 g/mol. The Morgan fingerprint density at radius 3 is 2.62 bits per heavy atom. The van der Waals surface area contributed by atoms with Crippen LogP contribution in [-0.4, -0.2) is 3.92 Å². The molecule has 76 valence electrons. The maximum absolute atomic E-state index is 2.61. The van der Waals surface area contributed by atoms with Gasteiger partial charge in [-0.2, -0.15) is 0 Å². The minimum Gasteiger partial charge on any atom is -0.0820 e. The van der Waals surface area contributed by atoms with E-state index in [1.165, 1.54) is 12.8 Å². The fourth-order valence-electron chi connectivity index (χ4n) is 2.19. The second-order valence-corrected chi connectivity index (χ2v) is 6.10. The summed E-state index contributed by atoms with van der Waals surface area (Å²) in [5, 5.41) is 0. The van der Waals surface area contributed by atoms with Crippen molar-refractivity contribution in [3.63, 3.8) is 0 Å². The van der Waals surface area contributed by atoms with Gasteiger partial charge in [0.1, 0.15) is 0 Å². The smallest absolute Gasteiger partial charge is 0.0170 e. The normalized spacial score (nSPS) is 37.0. The van der Waals surface area contributed by atoms with E-state index in [1.807, 2.05) is 0 Å². The molecule has 0 saturated heterocycles. The van der Waals surface area contributed by atoms with Gasteiger partial charge < -0.3 is 0 Å². The summed E-state index contributed by atoms with van der Waals surface area (Å²) >= 11 is 2.61. The number of alkyl halides is 1. The van der Waals surface area contributed by atoms with Gasteiger partial charge in [0, 0.05) is 3.92 Å². The van der Waals surface area contributed by atoms with Crippen LogP contribution in [0.3, 0.4) is 0 Å². The van der Waals surface area contributed by atoms with Gasteiger partial charge >= 0.3 is 0 Å². The summed E-state index contributed by atoms with van der Waals surface area (Å²) in [6.07, 6.45) is 5.21. The Bertz CT molecular complexity index is 195. The van der Waals surface area contributed by atoms with Crippen molar-refractivity contribution < 1.29 is 0 Å². The highest BCUT2D eigenvalue weighted by atomic mass is 127. The van der Waals surface area contributed by atoms with Gasteiger partial charge in [-0.05, 0) is 37.5 Å². The molecule has 1 aliphatic carbocycles. The van der Waals surface area contributed by atoms with E-state index in [9.17, 15) is 0 Å². The van der Waals surface area contributed by atoms with Crippen LogP contribution in [0.5, 0.6) is 0 Å². The second kappa shape index (κ2) is 4.81. The molecular formula is C12H21I. The number of halogens is 1. The molecule has 1 rings (SSSR count). The van der Waals surface area contributed by atoms with Gasteiger partial charge in [-0.1, -0.05) is 55.0 Å². The van der Waals surface area contributed by atoms with E-state index < -0.39 is 0 Å². The molecule has 0 aromatic carbocycles. The maximum Gasteiger partial charge on any atom is 0.0170 e. The third-order valence-electron chi connectivity index (χ3n) is 3.55. The zero-order valence-electron chi connectivity index (χ0n) is 9.18. The predicted octanol–water partition coefficient (Wildman–Crippen LogP) is 4.44. The highest BCUT2D eigenvalue weighted by Gasteiger charge is 2.26. The van der Waals surface area contributed by atoms with Crippen LogP contribution in [0.1, 0.15) is 40.5 Å². The molecular weight excluding hydrogens is 271 g/mol. The van der Waals surface area contributed by atoms with Crippen molar-refractivity contribution in [3.8, 4) is 0 Å². The maximum atomic E-state index is 2.61. The summed E-state index contributed by atoms with van der Waals surface area (Å²) in [5.41, 5.74) is 1.61. The van der Waals surface area contributed by atoms with Crippen molar-refractivity contribution in [2.75, 3.05) is 0 Å². The summed E-state index contributed by atoms with van der Waals surface area (Å²) in [7, 11) is 0. The van der Waals surface area contributed by atoms with Crippen molar-refractivity contribution in [2.45, 2.75) is 44.5 Å². The Kier molecular flexibility index (Phi) is 4.27. The molecule has 0 bridgehead atoms. The molecule has 13 heavy (non-hydrogen) atoms. The van der Waals surface area contributed by atoms with Crippen LogP contribution < -0.4 is 0 Å². The molecule has 0 aromatic heterocycles. The average Bonchev–Trinajstić information content (AvgIpc) is 2.12. The number of rotatable bonds is 2. The lowest BCUT2D eigenvalue weighted by Crippen LogP contribution is -2.24. The third kappa shape index (κ3) is 2.71. The van der Waals surface area contributed by atoms with E-state index in [0.717, 1.165) is 21.7 Å². The SMILES string of the molecule is CCC(I)C1C=C(C)C(C)C(C)C1. The van der Waals surface area contributed by atoms with Crippen molar-refractivity contribution in [1.29, 1.82) is 0 Å². The molecule has 0 aromatic rings. The topological polar surface area (TPSA) is 0 Å². The van der Waals surface area contributed by atoms with Gasteiger partial charge in [0.05, 0.1) is 0 Å². The van der Waals surface area contributed by atoms with Gasteiger partial charge in [0.25, 0.3) is 0 Å². The molecule has 4 unspecified atom stereocenters. The Labute approximate surface area is 96.3 Å². The van der Waals surface area contributed by atoms with Gasteiger partial charge in [-0.15, -0.1) is 0 Å². The Morgan fingerprint density at radius 2 is 2.15 bits per heavy atom. The van der Waals surface area contributed by atoms with E-state index in [-0.39, 0.29) is 0 Å². The molecule has 0 heterocycles. The van der Waals surface area contributed by atoms with Crippen LogP contribution in [0.4, 0.5) is 0 Å². The van der Waals surface area contributed by atoms with Crippen LogP contribution in [0.15, 0.2) is 11.6 Å². The molecule has 0 N–H and O–H groups in total. The molecule has 0 fully saturated rings. The predicted molar refractivity (Wildman–Crippen MR) is 68.3 cm³/mol. The van der Waals surface area contributed by atoms with Crippen LogP contribution >= 0.6 is 22.6 Å². The molecule has 1 heteroatoms. The van der Waals surface area contributed by atoms with E-state index in [2.05, 4.69) is 56.4 Å². The first-order valence-electron chi connectivity index (χ1n) is 5.38. The summed E-state index contributed by atoms with van der Waals surface area (Å²) in [6.45, 7) is 9.35. The summed E-state index contributed by atoms with van der Waals surface area (Å²) in [4.78, 5) is 0. The molecule has 0 aliphatic heterocycles. The van der Waals surface area contributed by atoms with Gasteiger partial charge in [0.2, 0.25) is 0 Å². The minimum absolute atomic E-state index is 0.803. The lowest BCUT2D eigenvalue weighted by atomic mass is 9.75. The fraction of sp³-hybridized carbons (Fsp3) is 0.833. The molecule has 0 saturated carbocycles. The van der Waals surface area contributed by atoms with Gasteiger partial charge in [0.15, 0.2) is 0 Å². The highest BCUT2D eigenvalue weighted by Crippen LogP contribution is 2.37. The number of allylic oxidation sites excluding steroid dienone is 2. The van der Waals surface area contributed by atoms with Crippen LogP contribution in [0.25, 0.3) is 0 Å². The molecule has 0 spiro atoms. The number of hydrogen-bond donors (Lipinski definition) is 0. The van der Waals surface area contributed by atoms with Gasteiger partial charge in [-0.3, -0.25) is 0 Å². The van der Waals surface area contributed by atoms with Gasteiger partial charge in [-0.25, -0.2) is 0 Å². The quantitative estimate of drug-likeness (QED) is 0.401. The molecule has 0 amide bonds. The van der Waals surface area contributed by atoms with E-state index >= 15 is 0 Å². The van der Waals surface area contributed by atoms with Crippen molar-refractivity contribution in [3.05, 3.63) is 11.6 Å². The Hall–Kier alpha value is 0.470. The largest absolute Gasteiger partial charge is 0.0820 e. The second-order valence-electron chi connectivity index (χ2n) is 4.50. The first-order chi connectivity index (χ1) is 6.06. The van der Waals surface area contributed by atoms with Crippen molar-refractivity contribution in [1.82, 2.24) is 0 Å². The Morgan fingerprint density at radius 1 is 1.54 bits per heavy atom. The van der Waals surface area contributed by atoms with Crippen LogP contribution in [0, 0.1) is 17.8 Å². The zero-order chi connectivity index (χ0) is 10.0. The molecule has 4 atom stereocenters. The molecule has 0 radical (unpaired) electrons. The van der Waals surface area contributed by atoms with Crippen molar-refractivity contribution in [2.24, 2.45) is 17.8 Å². The lowest BCUT2D eigenvalue weighted by Gasteiger charge is -2.32. The average molecular weight is 292 g/mol. The first kappa shape index (κ1) is 11.5. The molecule has 0 nitrogen and oxygen atoms in total. The third-order valence-corrected chi connectivity index (χ3v) is 5.35. The van der Waals surface area contributed by atoms with E-state index in [1.54, 1.807) is 5.57 Å². The van der Waals surface area contributed by atoms with Crippen molar-refractivity contribution >= 4 is 22.6 Å². The fourth-order valence-corrected chi connectivity index (χ4v) is 2.70. The minimum atomic E-state index is 0.803. The summed E-state index contributed by atoms with van der Waals surface area (Å²) in [6, 6.07) is 0. The van der Waals surface area contributed by atoms with E-state index in [0.29, 0.717) is 0 Å². The standard InChI is InChI=1S/C12H21I/c1-5-12(13)11-6-8(2)10(4)9(3)7-11/h6,9-12H,5,7H2,1-4H3. The zero-order valence-corrected chi connectivity index (χ0v) is 11.3. The summed E-state index contributed by atoms with van der Waals surface area (Å²) < 4.78 is 0.836. The highest BCUT2D eigenvalue weighted by molar-refractivity contribution is 14.1.